The van der Waals surface area contributed by atoms with Crippen LogP contribution in [0.2, 0.25) is 0 Å². The van der Waals surface area contributed by atoms with Crippen LogP contribution in [-0.2, 0) is 29.6 Å². The zero-order chi connectivity index (χ0) is 25.4. The van der Waals surface area contributed by atoms with Crippen molar-refractivity contribution >= 4 is 35.0 Å². The first kappa shape index (κ1) is 25.7. The number of hydrogen-bond acceptors (Lipinski definition) is 8. The lowest BCUT2D eigenvalue weighted by atomic mass is 10.2. The van der Waals surface area contributed by atoms with E-state index in [2.05, 4.69) is 27.8 Å². The van der Waals surface area contributed by atoms with Crippen LogP contribution in [-0.4, -0.2) is 43.4 Å². The predicted molar refractivity (Wildman–Crippen MR) is 131 cm³/mol. The lowest BCUT2D eigenvalue weighted by molar-refractivity contribution is -0.383. The Labute approximate surface area is 206 Å². The van der Waals surface area contributed by atoms with E-state index in [0.29, 0.717) is 16.7 Å². The fourth-order valence-electron chi connectivity index (χ4n) is 3.05. The van der Waals surface area contributed by atoms with Gasteiger partial charge in [0.1, 0.15) is 11.4 Å². The number of hydrogen-bond donors (Lipinski definition) is 2. The Morgan fingerprint density at radius 2 is 1.89 bits per heavy atom. The van der Waals surface area contributed by atoms with Gasteiger partial charge in [-0.15, -0.1) is 10.2 Å². The second-order valence-electron chi connectivity index (χ2n) is 7.54. The fraction of sp³-hybridized carbons (Fsp3) is 0.304. The second-order valence-corrected chi connectivity index (χ2v) is 8.49. The Balaban J connectivity index is 1.49. The number of nitrogens with zero attached hydrogens (tertiary/aromatic N) is 4. The number of nitro groups is 1. The molecule has 0 unspecified atom stereocenters. The number of benzene rings is 2. The van der Waals surface area contributed by atoms with Crippen LogP contribution in [0.4, 0.5) is 11.4 Å². The van der Waals surface area contributed by atoms with Gasteiger partial charge in [-0.05, 0) is 37.1 Å². The van der Waals surface area contributed by atoms with Gasteiger partial charge in [-0.25, -0.2) is 0 Å². The highest BCUT2D eigenvalue weighted by Gasteiger charge is 2.18. The van der Waals surface area contributed by atoms with E-state index in [-0.39, 0.29) is 29.6 Å². The largest absolute Gasteiger partial charge is 0.481 e. The van der Waals surface area contributed by atoms with Gasteiger partial charge in [0, 0.05) is 13.1 Å². The van der Waals surface area contributed by atoms with Crippen molar-refractivity contribution in [3.8, 4) is 5.75 Å². The van der Waals surface area contributed by atoms with E-state index in [9.17, 15) is 19.7 Å². The molecule has 1 heterocycles. The van der Waals surface area contributed by atoms with Gasteiger partial charge < -0.3 is 19.9 Å². The van der Waals surface area contributed by atoms with Crippen LogP contribution >= 0.6 is 11.8 Å². The highest BCUT2D eigenvalue weighted by atomic mass is 32.2. The number of anilines is 1. The first-order valence-corrected chi connectivity index (χ1v) is 11.8. The minimum absolute atomic E-state index is 0.0217. The summed E-state index contributed by atoms with van der Waals surface area (Å²) in [6, 6.07) is 13.5. The number of carbonyl (C=O) groups excluding carboxylic acids is 2. The molecule has 1 aromatic heterocycles. The van der Waals surface area contributed by atoms with Gasteiger partial charge in [0.25, 0.3) is 11.6 Å². The maximum atomic E-state index is 12.4. The number of rotatable bonds is 11. The number of carbonyl (C=O) groups is 2. The van der Waals surface area contributed by atoms with E-state index in [1.54, 1.807) is 24.6 Å². The van der Waals surface area contributed by atoms with Crippen molar-refractivity contribution in [2.75, 3.05) is 11.1 Å². The molecule has 0 aliphatic rings. The summed E-state index contributed by atoms with van der Waals surface area (Å²) in [7, 11) is 1.72. The molecule has 0 aliphatic heterocycles. The van der Waals surface area contributed by atoms with Gasteiger partial charge in [-0.2, -0.15) is 0 Å². The van der Waals surface area contributed by atoms with Crippen LogP contribution in [0.1, 0.15) is 25.2 Å². The molecule has 0 saturated carbocycles. The average Bonchev–Trinajstić information content (AvgIpc) is 3.20. The molecule has 0 bridgehead atoms. The maximum Gasteiger partial charge on any atom is 0.292 e. The maximum absolute atomic E-state index is 12.4. The molecule has 3 rings (SSSR count). The summed E-state index contributed by atoms with van der Waals surface area (Å²) in [5.74, 6) is 0.373. The Bertz CT molecular complexity index is 1200. The smallest absolute Gasteiger partial charge is 0.292 e. The number of ether oxygens (including phenoxy) is 1. The summed E-state index contributed by atoms with van der Waals surface area (Å²) in [5, 5.41) is 25.0. The molecule has 0 spiro atoms. The molecule has 11 nitrogen and oxygen atoms in total. The Hall–Kier alpha value is -3.93. The van der Waals surface area contributed by atoms with Crippen LogP contribution < -0.4 is 15.4 Å². The number of aryl methyl sites for hydroxylation is 1. The van der Waals surface area contributed by atoms with Crippen LogP contribution in [0.3, 0.4) is 0 Å². The van der Waals surface area contributed by atoms with Crippen molar-refractivity contribution in [2.45, 2.75) is 38.1 Å². The molecular formula is C23H26N6O5S. The van der Waals surface area contributed by atoms with Crippen LogP contribution in [0.15, 0.2) is 53.7 Å². The summed E-state index contributed by atoms with van der Waals surface area (Å²) in [6.07, 6.45) is 0.226. The molecule has 2 aromatic carbocycles. The van der Waals surface area contributed by atoms with Crippen molar-refractivity contribution < 1.29 is 19.2 Å². The molecule has 35 heavy (non-hydrogen) atoms. The van der Waals surface area contributed by atoms with Crippen LogP contribution in [0.5, 0.6) is 5.75 Å². The van der Waals surface area contributed by atoms with E-state index in [0.717, 1.165) is 18.2 Å². The first-order chi connectivity index (χ1) is 16.8. The predicted octanol–water partition coefficient (Wildman–Crippen LogP) is 3.10. The molecule has 1 atom stereocenters. The zero-order valence-electron chi connectivity index (χ0n) is 19.6. The Morgan fingerprint density at radius 1 is 1.17 bits per heavy atom. The van der Waals surface area contributed by atoms with E-state index in [4.69, 9.17) is 4.74 Å². The SMILES string of the molecule is CCc1ccc(O[C@H](C)C(=O)NCc2nnc(SCC(=O)Nc3ccccc3[N+](=O)[O-])n2C)cc1. The molecule has 0 saturated heterocycles. The molecule has 0 aliphatic carbocycles. The molecule has 2 N–H and O–H groups in total. The van der Waals surface area contributed by atoms with Gasteiger partial charge in [-0.1, -0.05) is 43.0 Å². The third kappa shape index (κ3) is 7.03. The van der Waals surface area contributed by atoms with E-state index in [1.807, 2.05) is 24.3 Å². The monoisotopic (exact) mass is 498 g/mol. The molecule has 0 radical (unpaired) electrons. The topological polar surface area (TPSA) is 141 Å². The third-order valence-electron chi connectivity index (χ3n) is 5.07. The first-order valence-electron chi connectivity index (χ1n) is 10.9. The van der Waals surface area contributed by atoms with Crippen molar-refractivity contribution in [1.29, 1.82) is 0 Å². The lowest BCUT2D eigenvalue weighted by Crippen LogP contribution is -2.36. The Kier molecular flexibility index (Phi) is 8.79. The second kappa shape index (κ2) is 12.0. The normalized spacial score (nSPS) is 11.5. The minimum atomic E-state index is -0.699. The minimum Gasteiger partial charge on any atom is -0.481 e. The molecule has 12 heteroatoms. The summed E-state index contributed by atoms with van der Waals surface area (Å²) in [5.41, 5.74) is 1.13. The van der Waals surface area contributed by atoms with Gasteiger partial charge in [0.15, 0.2) is 17.1 Å². The Morgan fingerprint density at radius 3 is 2.57 bits per heavy atom. The van der Waals surface area contributed by atoms with Crippen LogP contribution in [0, 0.1) is 10.1 Å². The summed E-state index contributed by atoms with van der Waals surface area (Å²) >= 11 is 1.12. The highest BCUT2D eigenvalue weighted by Crippen LogP contribution is 2.24. The number of para-hydroxylation sites is 2. The van der Waals surface area contributed by atoms with Crippen molar-refractivity contribution in [3.05, 3.63) is 70.0 Å². The van der Waals surface area contributed by atoms with Gasteiger partial charge in [0.2, 0.25) is 5.91 Å². The van der Waals surface area contributed by atoms with Crippen LogP contribution in [0.25, 0.3) is 0 Å². The van der Waals surface area contributed by atoms with E-state index in [1.165, 1.54) is 23.8 Å². The summed E-state index contributed by atoms with van der Waals surface area (Å²) in [6.45, 7) is 3.86. The molecular weight excluding hydrogens is 472 g/mol. The third-order valence-corrected chi connectivity index (χ3v) is 6.09. The lowest BCUT2D eigenvalue weighted by Gasteiger charge is -2.15. The summed E-state index contributed by atoms with van der Waals surface area (Å²) < 4.78 is 7.36. The zero-order valence-corrected chi connectivity index (χ0v) is 20.4. The van der Waals surface area contributed by atoms with Gasteiger partial charge >= 0.3 is 0 Å². The van der Waals surface area contributed by atoms with E-state index >= 15 is 0 Å². The fourth-order valence-corrected chi connectivity index (χ4v) is 3.78. The molecule has 184 valence electrons. The van der Waals surface area contributed by atoms with Crippen molar-refractivity contribution in [2.24, 2.45) is 7.05 Å². The number of nitrogens with one attached hydrogen (secondary N) is 2. The standard InChI is InChI=1S/C23H26N6O5S/c1-4-16-9-11-17(12-10-16)34-15(2)22(31)24-13-20-26-27-23(28(20)3)35-14-21(30)25-18-7-5-6-8-19(18)29(32)33/h5-12,15H,4,13-14H2,1-3H3,(H,24,31)(H,25,30)/t15-/m1/s1. The van der Waals surface area contributed by atoms with Crippen molar-refractivity contribution in [1.82, 2.24) is 20.1 Å². The average molecular weight is 499 g/mol. The molecule has 3 aromatic rings. The number of nitro benzene ring substituents is 1. The molecule has 2 amide bonds. The number of aromatic nitrogens is 3. The van der Waals surface area contributed by atoms with Gasteiger partial charge in [-0.3, -0.25) is 19.7 Å². The number of thioether (sulfide) groups is 1. The van der Waals surface area contributed by atoms with Crippen molar-refractivity contribution in [3.63, 3.8) is 0 Å². The quantitative estimate of drug-likeness (QED) is 0.233. The molecule has 0 fully saturated rings. The highest BCUT2D eigenvalue weighted by molar-refractivity contribution is 7.99. The van der Waals surface area contributed by atoms with Gasteiger partial charge in [0.05, 0.1) is 17.2 Å². The van der Waals surface area contributed by atoms with E-state index < -0.39 is 16.9 Å². The number of amides is 2. The summed E-state index contributed by atoms with van der Waals surface area (Å²) in [4.78, 5) is 35.2.